The maximum atomic E-state index is 5.78. The smallest absolute Gasteiger partial charge is 0.371 e. The molecule has 17 heavy (non-hydrogen) atoms. The summed E-state index contributed by atoms with van der Waals surface area (Å²) < 4.78 is 17.3. The Morgan fingerprint density at radius 3 is 1.76 bits per heavy atom. The van der Waals surface area contributed by atoms with Crippen molar-refractivity contribution in [1.29, 1.82) is 0 Å². The minimum Gasteiger partial charge on any atom is -0.371 e. The third-order valence-electron chi connectivity index (χ3n) is 2.38. The Labute approximate surface area is 108 Å². The van der Waals surface area contributed by atoms with Crippen LogP contribution in [0.4, 0.5) is 0 Å². The zero-order valence-electron chi connectivity index (χ0n) is 12.0. The molecule has 4 heteroatoms. The van der Waals surface area contributed by atoms with Gasteiger partial charge in [0.05, 0.1) is 0 Å². The van der Waals surface area contributed by atoms with Gasteiger partial charge in [-0.3, -0.25) is 0 Å². The molecule has 0 N–H and O–H groups in total. The summed E-state index contributed by atoms with van der Waals surface area (Å²) in [5.41, 5.74) is 3.42. The molecule has 3 nitrogen and oxygen atoms in total. The van der Waals surface area contributed by atoms with Crippen LogP contribution in [0.15, 0.2) is 11.3 Å². The molecular formula is C13H28O3Si. The topological polar surface area (TPSA) is 27.7 Å². The molecule has 0 bridgehead atoms. The van der Waals surface area contributed by atoms with E-state index in [1.807, 2.05) is 20.8 Å². The van der Waals surface area contributed by atoms with Crippen LogP contribution in [0, 0.1) is 0 Å². The Bertz CT molecular complexity index is 200. The van der Waals surface area contributed by atoms with Gasteiger partial charge in [-0.1, -0.05) is 18.9 Å². The van der Waals surface area contributed by atoms with Gasteiger partial charge < -0.3 is 13.3 Å². The quantitative estimate of drug-likeness (QED) is 0.560. The van der Waals surface area contributed by atoms with E-state index in [0.717, 1.165) is 6.42 Å². The maximum absolute atomic E-state index is 5.78. The minimum absolute atomic E-state index is 0.629. The Morgan fingerprint density at radius 2 is 1.41 bits per heavy atom. The van der Waals surface area contributed by atoms with Crippen LogP contribution >= 0.6 is 0 Å². The lowest BCUT2D eigenvalue weighted by Crippen LogP contribution is -2.44. The fraction of sp³-hybridized carbons (Fsp3) is 0.846. The monoisotopic (exact) mass is 260 g/mol. The van der Waals surface area contributed by atoms with Crippen molar-refractivity contribution >= 4 is 8.80 Å². The largest absolute Gasteiger partial charge is 0.529 e. The Hall–Kier alpha value is -0.163. The zero-order chi connectivity index (χ0) is 13.1. The third-order valence-corrected chi connectivity index (χ3v) is 5.30. The molecule has 0 aliphatic heterocycles. The van der Waals surface area contributed by atoms with Crippen LogP contribution in [0.25, 0.3) is 0 Å². The van der Waals surface area contributed by atoms with Crippen LogP contribution in [0.3, 0.4) is 0 Å². The van der Waals surface area contributed by atoms with E-state index < -0.39 is 8.80 Å². The lowest BCUT2D eigenvalue weighted by Gasteiger charge is -2.26. The average Bonchev–Trinajstić information content (AvgIpc) is 2.27. The van der Waals surface area contributed by atoms with E-state index in [0.29, 0.717) is 19.8 Å². The second-order valence-electron chi connectivity index (χ2n) is 4.00. The molecule has 102 valence electrons. The first-order valence-corrected chi connectivity index (χ1v) is 8.54. The molecule has 0 saturated carbocycles. The Balaban J connectivity index is 4.72. The molecule has 0 atom stereocenters. The predicted molar refractivity (Wildman–Crippen MR) is 73.9 cm³/mol. The highest BCUT2D eigenvalue weighted by Crippen LogP contribution is 2.17. The highest BCUT2D eigenvalue weighted by molar-refractivity contribution is 6.66. The maximum Gasteiger partial charge on any atom is 0.529 e. The van der Waals surface area contributed by atoms with Crippen molar-refractivity contribution in [3.63, 3.8) is 0 Å². The SMILES string of the molecule is CCCCC(C)=C[Si](OCC)(OCC)OCC. The molecule has 0 aliphatic rings. The molecular weight excluding hydrogens is 232 g/mol. The normalized spacial score (nSPS) is 13.1. The lowest BCUT2D eigenvalue weighted by molar-refractivity contribution is 0.0840. The van der Waals surface area contributed by atoms with Crippen molar-refractivity contribution in [2.24, 2.45) is 0 Å². The molecule has 0 fully saturated rings. The van der Waals surface area contributed by atoms with Crippen molar-refractivity contribution in [3.8, 4) is 0 Å². The molecule has 0 rings (SSSR count). The molecule has 0 aromatic heterocycles. The molecule has 0 saturated heterocycles. The summed E-state index contributed by atoms with van der Waals surface area (Å²) in [7, 11) is -2.57. The minimum atomic E-state index is -2.57. The van der Waals surface area contributed by atoms with E-state index in [-0.39, 0.29) is 0 Å². The van der Waals surface area contributed by atoms with E-state index >= 15 is 0 Å². The Kier molecular flexibility index (Phi) is 9.73. The molecule has 0 aliphatic carbocycles. The van der Waals surface area contributed by atoms with Crippen molar-refractivity contribution < 1.29 is 13.3 Å². The number of unbranched alkanes of at least 4 members (excludes halogenated alkanes) is 1. The first-order valence-electron chi connectivity index (χ1n) is 6.74. The summed E-state index contributed by atoms with van der Waals surface area (Å²) in [5, 5.41) is 0. The van der Waals surface area contributed by atoms with Crippen LogP contribution in [0.2, 0.25) is 0 Å². The van der Waals surface area contributed by atoms with E-state index in [2.05, 4.69) is 19.5 Å². The second kappa shape index (κ2) is 9.83. The zero-order valence-corrected chi connectivity index (χ0v) is 13.0. The average molecular weight is 260 g/mol. The van der Waals surface area contributed by atoms with Gasteiger partial charge in [-0.2, -0.15) is 0 Å². The van der Waals surface area contributed by atoms with Gasteiger partial charge in [-0.15, -0.1) is 0 Å². The molecule has 0 amide bonds. The summed E-state index contributed by atoms with van der Waals surface area (Å²) >= 11 is 0. The first-order chi connectivity index (χ1) is 8.14. The highest BCUT2D eigenvalue weighted by atomic mass is 28.4. The molecule has 0 radical (unpaired) electrons. The number of hydrogen-bond acceptors (Lipinski definition) is 3. The predicted octanol–water partition coefficient (Wildman–Crippen LogP) is 3.71. The molecule has 0 heterocycles. The molecule has 0 aromatic rings. The first kappa shape index (κ1) is 16.8. The van der Waals surface area contributed by atoms with Gasteiger partial charge in [0.25, 0.3) is 0 Å². The van der Waals surface area contributed by atoms with Gasteiger partial charge in [0.15, 0.2) is 0 Å². The van der Waals surface area contributed by atoms with E-state index in [9.17, 15) is 0 Å². The van der Waals surface area contributed by atoms with Crippen molar-refractivity contribution in [2.75, 3.05) is 19.8 Å². The number of allylic oxidation sites excluding steroid dienone is 1. The van der Waals surface area contributed by atoms with Crippen LogP contribution in [0.1, 0.15) is 53.9 Å². The van der Waals surface area contributed by atoms with Crippen LogP contribution in [0.5, 0.6) is 0 Å². The Morgan fingerprint density at radius 1 is 0.941 bits per heavy atom. The molecule has 0 unspecified atom stereocenters. The van der Waals surface area contributed by atoms with Gasteiger partial charge >= 0.3 is 8.80 Å². The van der Waals surface area contributed by atoms with Crippen LogP contribution in [-0.4, -0.2) is 28.6 Å². The van der Waals surface area contributed by atoms with Crippen molar-refractivity contribution in [2.45, 2.75) is 53.9 Å². The van der Waals surface area contributed by atoms with Gasteiger partial charge in [-0.05, 0) is 46.2 Å². The van der Waals surface area contributed by atoms with Crippen LogP contribution < -0.4 is 0 Å². The van der Waals surface area contributed by atoms with Crippen molar-refractivity contribution in [1.82, 2.24) is 0 Å². The second-order valence-corrected chi connectivity index (χ2v) is 6.36. The summed E-state index contributed by atoms with van der Waals surface area (Å²) in [5.74, 6) is 0. The van der Waals surface area contributed by atoms with Crippen LogP contribution in [-0.2, 0) is 13.3 Å². The number of rotatable bonds is 10. The third kappa shape index (κ3) is 6.98. The fourth-order valence-electron chi connectivity index (χ4n) is 1.68. The summed E-state index contributed by atoms with van der Waals surface area (Å²) in [4.78, 5) is 0. The highest BCUT2D eigenvalue weighted by Gasteiger charge is 2.37. The number of hydrogen-bond donors (Lipinski definition) is 0. The van der Waals surface area contributed by atoms with Gasteiger partial charge in [-0.25, -0.2) is 0 Å². The molecule has 0 aromatic carbocycles. The van der Waals surface area contributed by atoms with E-state index in [1.54, 1.807) is 0 Å². The standard InChI is InChI=1S/C13H28O3Si/c1-6-10-11-13(5)12-17(14-7-2,15-8-3)16-9-4/h12H,6-11H2,1-5H3. The van der Waals surface area contributed by atoms with E-state index in [4.69, 9.17) is 13.3 Å². The van der Waals surface area contributed by atoms with Gasteiger partial charge in [0.2, 0.25) is 0 Å². The summed E-state index contributed by atoms with van der Waals surface area (Å²) in [6.07, 6.45) is 3.51. The van der Waals surface area contributed by atoms with Gasteiger partial charge in [0.1, 0.15) is 0 Å². The fourth-order valence-corrected chi connectivity index (χ4v) is 4.14. The van der Waals surface area contributed by atoms with E-state index in [1.165, 1.54) is 18.4 Å². The van der Waals surface area contributed by atoms with Crippen molar-refractivity contribution in [3.05, 3.63) is 11.3 Å². The lowest BCUT2D eigenvalue weighted by atomic mass is 10.2. The summed E-state index contributed by atoms with van der Waals surface area (Å²) in [6, 6.07) is 0. The molecule has 0 spiro atoms. The van der Waals surface area contributed by atoms with Gasteiger partial charge in [0, 0.05) is 19.8 Å². The summed E-state index contributed by atoms with van der Waals surface area (Å²) in [6.45, 7) is 12.2.